The van der Waals surface area contributed by atoms with Gasteiger partial charge in [-0.2, -0.15) is 4.98 Å². The average molecular weight is 245 g/mol. The van der Waals surface area contributed by atoms with Gasteiger partial charge >= 0.3 is 0 Å². The van der Waals surface area contributed by atoms with Crippen LogP contribution in [-0.4, -0.2) is 32.7 Å². The first-order valence-electron chi connectivity index (χ1n) is 6.16. The fourth-order valence-corrected chi connectivity index (χ4v) is 2.28. The molecule has 1 N–H and O–H groups in total. The lowest BCUT2D eigenvalue weighted by Crippen LogP contribution is -2.34. The fourth-order valence-electron chi connectivity index (χ4n) is 2.28. The first kappa shape index (κ1) is 11.3. The molecule has 0 aliphatic carbocycles. The minimum absolute atomic E-state index is 0.351. The molecule has 0 radical (unpaired) electrons. The maximum Gasteiger partial charge on any atom is 0.230 e. The second-order valence-corrected chi connectivity index (χ2v) is 4.63. The van der Waals surface area contributed by atoms with E-state index in [-0.39, 0.29) is 0 Å². The summed E-state index contributed by atoms with van der Waals surface area (Å²) in [6.07, 6.45) is 5.23. The maximum absolute atomic E-state index is 5.36. The van der Waals surface area contributed by atoms with E-state index in [1.165, 1.54) is 6.33 Å². The molecule has 6 heteroatoms. The normalized spacial score (nSPS) is 24.1. The zero-order chi connectivity index (χ0) is 12.4. The lowest BCUT2D eigenvalue weighted by molar-refractivity contribution is 0.295. The highest BCUT2D eigenvalue weighted by Gasteiger charge is 2.25. The van der Waals surface area contributed by atoms with Gasteiger partial charge in [-0.05, 0) is 32.4 Å². The van der Waals surface area contributed by atoms with E-state index in [4.69, 9.17) is 4.52 Å². The smallest absolute Gasteiger partial charge is 0.230 e. The van der Waals surface area contributed by atoms with Crippen LogP contribution in [0.1, 0.15) is 31.6 Å². The zero-order valence-corrected chi connectivity index (χ0v) is 10.2. The summed E-state index contributed by atoms with van der Waals surface area (Å²) in [7, 11) is 0. The van der Waals surface area contributed by atoms with E-state index in [0.29, 0.717) is 23.5 Å². The van der Waals surface area contributed by atoms with Crippen LogP contribution in [-0.2, 0) is 0 Å². The lowest BCUT2D eigenvalue weighted by atomic mass is 9.93. The number of piperidine rings is 1. The van der Waals surface area contributed by atoms with Crippen LogP contribution >= 0.6 is 0 Å². The standard InChI is InChI=1S/C12H15N5O/c1-8-6-9(2-5-14-8)12-16-11(17-18-12)10-3-4-13-7-15-10/h3-4,7-9,14H,2,5-6H2,1H3. The molecule has 1 aliphatic heterocycles. The minimum atomic E-state index is 0.351. The van der Waals surface area contributed by atoms with Crippen molar-refractivity contribution in [3.63, 3.8) is 0 Å². The first-order valence-corrected chi connectivity index (χ1v) is 6.16. The van der Waals surface area contributed by atoms with Crippen LogP contribution in [0.25, 0.3) is 11.5 Å². The molecule has 2 unspecified atom stereocenters. The molecule has 1 aliphatic rings. The summed E-state index contributed by atoms with van der Waals surface area (Å²) in [4.78, 5) is 12.4. The highest BCUT2D eigenvalue weighted by atomic mass is 16.5. The van der Waals surface area contributed by atoms with Crippen molar-refractivity contribution >= 4 is 0 Å². The van der Waals surface area contributed by atoms with Crippen LogP contribution < -0.4 is 5.32 Å². The van der Waals surface area contributed by atoms with E-state index in [9.17, 15) is 0 Å². The molecule has 0 amide bonds. The van der Waals surface area contributed by atoms with Gasteiger partial charge in [-0.15, -0.1) is 0 Å². The van der Waals surface area contributed by atoms with Gasteiger partial charge in [0.2, 0.25) is 11.7 Å². The third-order valence-corrected chi connectivity index (χ3v) is 3.23. The Labute approximate surface area is 105 Å². The number of nitrogens with zero attached hydrogens (tertiary/aromatic N) is 4. The van der Waals surface area contributed by atoms with Crippen LogP contribution in [0.3, 0.4) is 0 Å². The quantitative estimate of drug-likeness (QED) is 0.861. The van der Waals surface area contributed by atoms with Crippen molar-refractivity contribution in [2.24, 2.45) is 0 Å². The van der Waals surface area contributed by atoms with E-state index < -0.39 is 0 Å². The molecule has 6 nitrogen and oxygen atoms in total. The molecule has 3 rings (SSSR count). The summed E-state index contributed by atoms with van der Waals surface area (Å²) in [6.45, 7) is 3.17. The molecule has 0 spiro atoms. The van der Waals surface area contributed by atoms with Gasteiger partial charge < -0.3 is 9.84 Å². The molecule has 2 atom stereocenters. The van der Waals surface area contributed by atoms with Gasteiger partial charge in [-0.3, -0.25) is 0 Å². The van der Waals surface area contributed by atoms with E-state index >= 15 is 0 Å². The van der Waals surface area contributed by atoms with E-state index in [2.05, 4.69) is 32.3 Å². The molecule has 18 heavy (non-hydrogen) atoms. The van der Waals surface area contributed by atoms with Gasteiger partial charge in [0.1, 0.15) is 12.0 Å². The first-order chi connectivity index (χ1) is 8.83. The predicted molar refractivity (Wildman–Crippen MR) is 64.8 cm³/mol. The highest BCUT2D eigenvalue weighted by Crippen LogP contribution is 2.27. The van der Waals surface area contributed by atoms with Gasteiger partial charge in [0.15, 0.2) is 0 Å². The summed E-state index contributed by atoms with van der Waals surface area (Å²) in [5.74, 6) is 1.61. The summed E-state index contributed by atoms with van der Waals surface area (Å²) >= 11 is 0. The van der Waals surface area contributed by atoms with Crippen molar-refractivity contribution in [1.29, 1.82) is 0 Å². The number of rotatable bonds is 2. The molecule has 2 aromatic heterocycles. The number of hydrogen-bond acceptors (Lipinski definition) is 6. The average Bonchev–Trinajstić information content (AvgIpc) is 2.89. The molecular weight excluding hydrogens is 230 g/mol. The largest absolute Gasteiger partial charge is 0.339 e. The summed E-state index contributed by atoms with van der Waals surface area (Å²) in [5, 5.41) is 7.40. The van der Waals surface area contributed by atoms with Crippen molar-refractivity contribution in [2.45, 2.75) is 31.7 Å². The molecule has 1 fully saturated rings. The monoisotopic (exact) mass is 245 g/mol. The fraction of sp³-hybridized carbons (Fsp3) is 0.500. The number of aromatic nitrogens is 4. The predicted octanol–water partition coefficient (Wildman–Crippen LogP) is 1.38. The highest BCUT2D eigenvalue weighted by molar-refractivity contribution is 5.46. The van der Waals surface area contributed by atoms with Crippen molar-refractivity contribution < 1.29 is 4.52 Å². The minimum Gasteiger partial charge on any atom is -0.339 e. The third kappa shape index (κ3) is 2.24. The van der Waals surface area contributed by atoms with Crippen LogP contribution in [0, 0.1) is 0 Å². The van der Waals surface area contributed by atoms with Gasteiger partial charge in [0.05, 0.1) is 0 Å². The summed E-state index contributed by atoms with van der Waals surface area (Å²) in [6, 6.07) is 2.28. The topological polar surface area (TPSA) is 76.7 Å². The van der Waals surface area contributed by atoms with Gasteiger partial charge in [0, 0.05) is 18.2 Å². The van der Waals surface area contributed by atoms with Gasteiger partial charge in [-0.1, -0.05) is 5.16 Å². The Bertz CT molecular complexity index is 512. The Morgan fingerprint density at radius 2 is 2.39 bits per heavy atom. The van der Waals surface area contributed by atoms with Crippen LogP contribution in [0.2, 0.25) is 0 Å². The second-order valence-electron chi connectivity index (χ2n) is 4.63. The summed E-state index contributed by atoms with van der Waals surface area (Å²) < 4.78 is 5.36. The lowest BCUT2D eigenvalue weighted by Gasteiger charge is -2.25. The van der Waals surface area contributed by atoms with E-state index in [1.54, 1.807) is 12.3 Å². The SMILES string of the molecule is CC1CC(c2nc(-c3ccncn3)no2)CCN1. The molecule has 1 saturated heterocycles. The van der Waals surface area contributed by atoms with Crippen molar-refractivity contribution in [3.05, 3.63) is 24.5 Å². The van der Waals surface area contributed by atoms with Crippen molar-refractivity contribution in [3.8, 4) is 11.5 Å². The number of hydrogen-bond donors (Lipinski definition) is 1. The third-order valence-electron chi connectivity index (χ3n) is 3.23. The Hall–Kier alpha value is -1.82. The van der Waals surface area contributed by atoms with Crippen LogP contribution in [0.5, 0.6) is 0 Å². The molecule has 2 aromatic rings. The molecule has 0 aromatic carbocycles. The Kier molecular flexibility index (Phi) is 3.02. The summed E-state index contributed by atoms with van der Waals surface area (Å²) in [5.41, 5.74) is 0.696. The van der Waals surface area contributed by atoms with Crippen molar-refractivity contribution in [2.75, 3.05) is 6.54 Å². The number of nitrogens with one attached hydrogen (secondary N) is 1. The van der Waals surface area contributed by atoms with E-state index in [1.807, 2.05) is 0 Å². The van der Waals surface area contributed by atoms with Crippen LogP contribution in [0.15, 0.2) is 23.1 Å². The van der Waals surface area contributed by atoms with Gasteiger partial charge in [0.25, 0.3) is 0 Å². The second kappa shape index (κ2) is 4.81. The van der Waals surface area contributed by atoms with Gasteiger partial charge in [-0.25, -0.2) is 9.97 Å². The molecule has 94 valence electrons. The molecule has 0 saturated carbocycles. The molecular formula is C12H15N5O. The Morgan fingerprint density at radius 3 is 3.17 bits per heavy atom. The zero-order valence-electron chi connectivity index (χ0n) is 10.2. The molecule has 0 bridgehead atoms. The molecule has 3 heterocycles. The Morgan fingerprint density at radius 1 is 1.44 bits per heavy atom. The maximum atomic E-state index is 5.36. The van der Waals surface area contributed by atoms with E-state index in [0.717, 1.165) is 25.3 Å². The van der Waals surface area contributed by atoms with Crippen molar-refractivity contribution in [1.82, 2.24) is 25.4 Å². The Balaban J connectivity index is 1.81. The van der Waals surface area contributed by atoms with Crippen LogP contribution in [0.4, 0.5) is 0 Å².